The van der Waals surface area contributed by atoms with Crippen LogP contribution >= 0.6 is 11.6 Å². The number of hydrogen-bond acceptors (Lipinski definition) is 10. The average molecular weight is 794 g/mol. The molecule has 1 aromatic heterocycles. The maximum absolute atomic E-state index is 13.0. The van der Waals surface area contributed by atoms with Gasteiger partial charge in [0.15, 0.2) is 6.61 Å². The van der Waals surface area contributed by atoms with Gasteiger partial charge in [0.05, 0.1) is 5.54 Å². The number of aryl methyl sites for hydroxylation is 1. The summed E-state index contributed by atoms with van der Waals surface area (Å²) in [6.07, 6.45) is 0.170. The third-order valence-electron chi connectivity index (χ3n) is 9.67. The Bertz CT molecular complexity index is 2060. The molecule has 17 heteroatoms. The van der Waals surface area contributed by atoms with Crippen molar-refractivity contribution in [3.63, 3.8) is 0 Å². The highest BCUT2D eigenvalue weighted by molar-refractivity contribution is 6.36. The number of ketones is 1. The van der Waals surface area contributed by atoms with E-state index in [4.69, 9.17) is 16.3 Å². The number of halogens is 4. The van der Waals surface area contributed by atoms with Crippen molar-refractivity contribution in [2.45, 2.75) is 75.0 Å². The molecular formula is C39H39ClF3N7O6. The van der Waals surface area contributed by atoms with Gasteiger partial charge in [-0.15, -0.1) is 0 Å². The quantitative estimate of drug-likeness (QED) is 0.0739. The lowest BCUT2D eigenvalue weighted by Gasteiger charge is -2.25. The van der Waals surface area contributed by atoms with E-state index in [2.05, 4.69) is 48.4 Å². The number of carbonyl (C=O) groups is 4. The predicted octanol–water partition coefficient (Wildman–Crippen LogP) is 6.47. The average Bonchev–Trinajstić information content (AvgIpc) is 3.95. The molecule has 4 aromatic rings. The number of ether oxygens (including phenoxy) is 1. The third-order valence-corrected chi connectivity index (χ3v) is 9.92. The minimum Gasteiger partial charge on any atom is -0.480 e. The smallest absolute Gasteiger partial charge is 0.422 e. The number of carbonyl (C=O) groups excluding carboxylic acids is 3. The molecule has 0 spiro atoms. The second kappa shape index (κ2) is 17.4. The van der Waals surface area contributed by atoms with Crippen molar-refractivity contribution in [2.75, 3.05) is 23.8 Å². The Labute approximate surface area is 324 Å². The molecule has 0 radical (unpaired) electrons. The van der Waals surface area contributed by atoms with Crippen LogP contribution in [0.2, 0.25) is 5.02 Å². The van der Waals surface area contributed by atoms with Gasteiger partial charge in [-0.25, -0.2) is 4.79 Å². The number of anilines is 3. The van der Waals surface area contributed by atoms with Crippen LogP contribution in [-0.4, -0.2) is 69.0 Å². The molecule has 13 nitrogen and oxygen atoms in total. The van der Waals surface area contributed by atoms with Crippen LogP contribution in [-0.2, 0) is 26.3 Å². The molecule has 5 N–H and O–H groups in total. The van der Waals surface area contributed by atoms with Crippen molar-refractivity contribution in [3.8, 4) is 6.01 Å². The van der Waals surface area contributed by atoms with Crippen molar-refractivity contribution in [3.05, 3.63) is 100 Å². The normalized spacial score (nSPS) is 16.1. The number of amides is 2. The number of fused-ring (bicyclic) bond motifs is 1. The van der Waals surface area contributed by atoms with E-state index in [1.165, 1.54) is 35.4 Å². The van der Waals surface area contributed by atoms with E-state index in [1.807, 2.05) is 24.3 Å². The number of carboxylic acids is 1. The number of hydrogen-bond donors (Lipinski definition) is 5. The Morgan fingerprint density at radius 2 is 1.66 bits per heavy atom. The fourth-order valence-corrected chi connectivity index (χ4v) is 6.73. The van der Waals surface area contributed by atoms with Crippen LogP contribution in [0.5, 0.6) is 6.01 Å². The monoisotopic (exact) mass is 793 g/mol. The van der Waals surface area contributed by atoms with Gasteiger partial charge in [-0.05, 0) is 104 Å². The third kappa shape index (κ3) is 10.7. The van der Waals surface area contributed by atoms with Crippen LogP contribution in [0.4, 0.5) is 30.8 Å². The molecule has 6 rings (SSSR count). The molecule has 3 aromatic carbocycles. The van der Waals surface area contributed by atoms with E-state index < -0.39 is 53.9 Å². The molecule has 0 aliphatic heterocycles. The molecular weight excluding hydrogens is 755 g/mol. The standard InChI is InChI=1S/C39H39ClF3N7O6/c40-27-13-11-26(12-14-27)38(19-20-38)50-36-47-35(48-37(49-36)56-22-39(41,42)43)45-28-15-8-25(9-16-28)32(52)46-30(34(54)55)18-21-44-33(53)31(51)17-10-24-6-3-5-23-4-1-2-7-29(23)24/h1-2,4,7-9,11-16,24,30H,3,5-6,10,17-22H2,(H,44,53)(H,46,52)(H,54,55)(H2,45,47,48,49,50)/t24?,30-/m0/s1. The summed E-state index contributed by atoms with van der Waals surface area (Å²) in [5.41, 5.74) is 3.25. The minimum absolute atomic E-state index is 0.0333. The second-order valence-corrected chi connectivity index (χ2v) is 14.2. The van der Waals surface area contributed by atoms with E-state index in [0.29, 0.717) is 30.0 Å². The van der Waals surface area contributed by atoms with Gasteiger partial charge in [0.25, 0.3) is 11.8 Å². The first-order valence-corrected chi connectivity index (χ1v) is 18.4. The van der Waals surface area contributed by atoms with Crippen LogP contribution in [0.15, 0.2) is 72.8 Å². The topological polar surface area (TPSA) is 185 Å². The first kappa shape index (κ1) is 39.9. The number of aliphatic carboxylic acids is 1. The van der Waals surface area contributed by atoms with Crippen LogP contribution in [0.1, 0.15) is 77.9 Å². The number of nitrogens with zero attached hydrogens (tertiary/aromatic N) is 3. The summed E-state index contributed by atoms with van der Waals surface area (Å²) in [5, 5.41) is 21.2. The Balaban J connectivity index is 1.02. The zero-order chi connectivity index (χ0) is 39.9. The Morgan fingerprint density at radius 3 is 2.36 bits per heavy atom. The van der Waals surface area contributed by atoms with E-state index in [-0.39, 0.29) is 42.8 Å². The number of Topliss-reactive ketones (excluding diaryl/α,β-unsaturated/α-hetero) is 1. The van der Waals surface area contributed by atoms with Crippen LogP contribution < -0.4 is 26.0 Å². The van der Waals surface area contributed by atoms with E-state index in [1.54, 1.807) is 12.1 Å². The number of carboxylic acid groups (broad SMARTS) is 1. The molecule has 1 unspecified atom stereocenters. The summed E-state index contributed by atoms with van der Waals surface area (Å²) in [4.78, 5) is 62.3. The molecule has 2 atom stereocenters. The van der Waals surface area contributed by atoms with Gasteiger partial charge in [-0.1, -0.05) is 48.0 Å². The predicted molar refractivity (Wildman–Crippen MR) is 200 cm³/mol. The highest BCUT2D eigenvalue weighted by Gasteiger charge is 2.45. The van der Waals surface area contributed by atoms with Crippen molar-refractivity contribution in [1.29, 1.82) is 0 Å². The Hall–Kier alpha value is -5.77. The molecule has 1 heterocycles. The molecule has 0 bridgehead atoms. The lowest BCUT2D eigenvalue weighted by Crippen LogP contribution is -2.43. The Kier molecular flexibility index (Phi) is 12.4. The lowest BCUT2D eigenvalue weighted by molar-refractivity contribution is -0.154. The van der Waals surface area contributed by atoms with Gasteiger partial charge < -0.3 is 31.1 Å². The highest BCUT2D eigenvalue weighted by atomic mass is 35.5. The summed E-state index contributed by atoms with van der Waals surface area (Å²) in [6.45, 7) is -1.78. The first-order valence-electron chi connectivity index (χ1n) is 18.1. The highest BCUT2D eigenvalue weighted by Crippen LogP contribution is 2.48. The van der Waals surface area contributed by atoms with E-state index >= 15 is 0 Å². The van der Waals surface area contributed by atoms with Gasteiger partial charge in [-0.3, -0.25) is 14.4 Å². The van der Waals surface area contributed by atoms with Gasteiger partial charge in [0.2, 0.25) is 17.7 Å². The fourth-order valence-electron chi connectivity index (χ4n) is 6.61. The molecule has 1 fully saturated rings. The minimum atomic E-state index is -4.64. The molecule has 0 saturated heterocycles. The summed E-state index contributed by atoms with van der Waals surface area (Å²) in [5.74, 6) is -3.42. The summed E-state index contributed by atoms with van der Waals surface area (Å²) in [6, 6.07) is 19.0. The zero-order valence-corrected chi connectivity index (χ0v) is 30.8. The largest absolute Gasteiger partial charge is 0.480 e. The number of nitrogens with one attached hydrogen (secondary N) is 4. The number of alkyl halides is 3. The number of rotatable bonds is 17. The van der Waals surface area contributed by atoms with Crippen LogP contribution in [0.25, 0.3) is 0 Å². The Morgan fingerprint density at radius 1 is 0.946 bits per heavy atom. The van der Waals surface area contributed by atoms with Crippen LogP contribution in [0.3, 0.4) is 0 Å². The summed E-state index contributed by atoms with van der Waals surface area (Å²) >= 11 is 6.03. The molecule has 294 valence electrons. The van der Waals surface area contributed by atoms with Gasteiger partial charge >= 0.3 is 18.2 Å². The molecule has 2 aliphatic carbocycles. The van der Waals surface area contributed by atoms with Gasteiger partial charge in [-0.2, -0.15) is 28.1 Å². The maximum Gasteiger partial charge on any atom is 0.422 e. The molecule has 2 aliphatic rings. The first-order chi connectivity index (χ1) is 26.8. The van der Waals surface area contributed by atoms with Crippen LogP contribution in [0, 0.1) is 0 Å². The lowest BCUT2D eigenvalue weighted by atomic mass is 9.80. The molecule has 56 heavy (non-hydrogen) atoms. The van der Waals surface area contributed by atoms with Crippen molar-refractivity contribution < 1.29 is 42.2 Å². The fraction of sp³-hybridized carbons (Fsp3) is 0.359. The molecule has 1 saturated carbocycles. The number of aromatic nitrogens is 3. The number of benzene rings is 3. The SMILES string of the molecule is O=C(CCC1CCCc2ccccc21)C(=O)NCC[C@H](NC(=O)c1ccc(Nc2nc(NC3(c4ccc(Cl)cc4)CC3)nc(OCC(F)(F)F)n2)cc1)C(=O)O. The summed E-state index contributed by atoms with van der Waals surface area (Å²) in [7, 11) is 0. The van der Waals surface area contributed by atoms with E-state index in [0.717, 1.165) is 24.8 Å². The van der Waals surface area contributed by atoms with Gasteiger partial charge in [0.1, 0.15) is 6.04 Å². The van der Waals surface area contributed by atoms with Crippen molar-refractivity contribution in [2.24, 2.45) is 0 Å². The second-order valence-electron chi connectivity index (χ2n) is 13.7. The van der Waals surface area contributed by atoms with Crippen molar-refractivity contribution in [1.82, 2.24) is 25.6 Å². The zero-order valence-electron chi connectivity index (χ0n) is 30.0. The van der Waals surface area contributed by atoms with Crippen molar-refractivity contribution >= 4 is 52.8 Å². The van der Waals surface area contributed by atoms with Gasteiger partial charge in [0, 0.05) is 29.2 Å². The maximum atomic E-state index is 13.0. The van der Waals surface area contributed by atoms with E-state index in [9.17, 15) is 37.5 Å². The summed E-state index contributed by atoms with van der Waals surface area (Å²) < 4.78 is 43.7. The molecule has 2 amide bonds.